The largest absolute Gasteiger partial charge is 1.00 e. The summed E-state index contributed by atoms with van der Waals surface area (Å²) in [5, 5.41) is 0. The molecule has 1 rings (SSSR count). The minimum Gasteiger partial charge on any atom is -0.832 e. The average Bonchev–Trinajstić information content (AvgIpc) is 2.28. The molecule has 0 aromatic heterocycles. The predicted molar refractivity (Wildman–Crippen MR) is 53.7 cm³/mol. The van der Waals surface area contributed by atoms with E-state index >= 15 is 0 Å². The molecular formula is C6H12NNa2O4PS2. The maximum absolute atomic E-state index is 11.3. The van der Waals surface area contributed by atoms with Gasteiger partial charge in [-0.1, -0.05) is 0 Å². The Morgan fingerprint density at radius 1 is 1.31 bits per heavy atom. The first-order valence-electron chi connectivity index (χ1n) is 4.30. The van der Waals surface area contributed by atoms with Crippen LogP contribution in [0, 0.1) is 0 Å². The summed E-state index contributed by atoms with van der Waals surface area (Å²) in [6.07, 6.45) is 0.823. The van der Waals surface area contributed by atoms with Gasteiger partial charge in [0.1, 0.15) is 0 Å². The van der Waals surface area contributed by atoms with Gasteiger partial charge in [0, 0.05) is 13.1 Å². The topological polar surface area (TPSA) is 83.5 Å². The van der Waals surface area contributed by atoms with E-state index in [1.54, 1.807) is 0 Å². The Labute approximate surface area is 146 Å². The molecule has 1 saturated heterocycles. The second kappa shape index (κ2) is 8.61. The molecule has 1 aliphatic heterocycles. The standard InChI is InChI=1S/C6H14NO4PS2.2Na/c8-12(9,13)5-1-3-7-4-2-6-14(7,10)11;;/h1-6H2,(H2,8,9,13);;/q;2*+1/p-2. The summed E-state index contributed by atoms with van der Waals surface area (Å²) in [5.74, 6) is 0.176. The van der Waals surface area contributed by atoms with Gasteiger partial charge in [-0.15, -0.1) is 11.8 Å². The monoisotopic (exact) mass is 303 g/mol. The zero-order chi connectivity index (χ0) is 10.8. The van der Waals surface area contributed by atoms with E-state index in [1.165, 1.54) is 4.31 Å². The molecule has 0 aromatic carbocycles. The Kier molecular flexibility index (Phi) is 11.2. The van der Waals surface area contributed by atoms with E-state index in [0.29, 0.717) is 19.4 Å². The van der Waals surface area contributed by atoms with Crippen LogP contribution in [0.5, 0.6) is 0 Å². The van der Waals surface area contributed by atoms with E-state index in [1.807, 2.05) is 0 Å². The number of nitrogens with zero attached hydrogens (tertiary/aromatic N) is 1. The van der Waals surface area contributed by atoms with Crippen molar-refractivity contribution in [2.75, 3.05) is 25.0 Å². The van der Waals surface area contributed by atoms with Gasteiger partial charge < -0.3 is 9.79 Å². The number of rotatable bonds is 4. The van der Waals surface area contributed by atoms with Gasteiger partial charge in [0.05, 0.1) is 5.75 Å². The predicted octanol–water partition coefficient (Wildman–Crippen LogP) is -7.55. The zero-order valence-corrected chi connectivity index (χ0v) is 16.1. The van der Waals surface area contributed by atoms with Gasteiger partial charge in [-0.25, -0.2) is 19.2 Å². The Balaban J connectivity index is 0. The molecule has 0 spiro atoms. The van der Waals surface area contributed by atoms with Crippen molar-refractivity contribution in [3.63, 3.8) is 0 Å². The van der Waals surface area contributed by atoms with Crippen molar-refractivity contribution in [3.05, 3.63) is 0 Å². The quantitative estimate of drug-likeness (QED) is 0.381. The van der Waals surface area contributed by atoms with Crippen molar-refractivity contribution in [3.8, 4) is 0 Å². The molecule has 0 amide bonds. The number of hydrogen-bond acceptors (Lipinski definition) is 5. The first kappa shape index (κ1) is 20.8. The van der Waals surface area contributed by atoms with Crippen LogP contribution in [-0.4, -0.2) is 37.7 Å². The molecule has 0 N–H and O–H groups in total. The van der Waals surface area contributed by atoms with Crippen LogP contribution in [0.4, 0.5) is 0 Å². The van der Waals surface area contributed by atoms with Crippen LogP contribution >= 0.6 is 6.49 Å². The van der Waals surface area contributed by atoms with Crippen molar-refractivity contribution >= 4 is 28.3 Å². The second-order valence-corrected chi connectivity index (χ2v) is 8.68. The molecule has 16 heavy (non-hydrogen) atoms. The van der Waals surface area contributed by atoms with E-state index < -0.39 is 16.5 Å². The van der Waals surface area contributed by atoms with Gasteiger partial charge in [0.15, 0.2) is 0 Å². The molecule has 0 atom stereocenters. The smallest absolute Gasteiger partial charge is 0.832 e. The third-order valence-electron chi connectivity index (χ3n) is 2.04. The molecule has 5 nitrogen and oxygen atoms in total. The van der Waals surface area contributed by atoms with Crippen molar-refractivity contribution in [2.24, 2.45) is 0 Å². The molecule has 0 saturated carbocycles. The SMILES string of the molecule is O=S1(=O)CCCN1CCCP([O-])([O-])=S.[Na+].[Na+]. The van der Waals surface area contributed by atoms with Gasteiger partial charge in [0.2, 0.25) is 10.0 Å². The van der Waals surface area contributed by atoms with Crippen LogP contribution in [-0.2, 0) is 21.8 Å². The summed E-state index contributed by atoms with van der Waals surface area (Å²) in [6.45, 7) is -2.88. The van der Waals surface area contributed by atoms with Gasteiger partial charge in [-0.05, 0) is 19.0 Å². The fourth-order valence-corrected chi connectivity index (χ4v) is 3.87. The normalized spacial score (nSPS) is 19.9. The second-order valence-electron chi connectivity index (χ2n) is 3.26. The molecule has 10 heteroatoms. The average molecular weight is 303 g/mol. The van der Waals surface area contributed by atoms with E-state index in [2.05, 4.69) is 11.8 Å². The van der Waals surface area contributed by atoms with Gasteiger partial charge >= 0.3 is 59.1 Å². The molecule has 1 fully saturated rings. The molecule has 0 radical (unpaired) electrons. The van der Waals surface area contributed by atoms with Crippen LogP contribution < -0.4 is 68.9 Å². The summed E-state index contributed by atoms with van der Waals surface area (Å²) < 4.78 is 23.9. The van der Waals surface area contributed by atoms with Crippen LogP contribution in [0.15, 0.2) is 0 Å². The maximum atomic E-state index is 11.3. The number of hydrogen-bond donors (Lipinski definition) is 0. The first-order chi connectivity index (χ1) is 6.31. The third kappa shape index (κ3) is 7.81. The summed E-state index contributed by atoms with van der Waals surface area (Å²) in [5.41, 5.74) is 0. The van der Waals surface area contributed by atoms with E-state index in [-0.39, 0.29) is 77.6 Å². The summed E-state index contributed by atoms with van der Waals surface area (Å²) >= 11 is 4.21. The fraction of sp³-hybridized carbons (Fsp3) is 1.00. The Morgan fingerprint density at radius 3 is 2.25 bits per heavy atom. The molecule has 0 aliphatic carbocycles. The Hall–Kier alpha value is 2.48. The van der Waals surface area contributed by atoms with Gasteiger partial charge in [0.25, 0.3) is 0 Å². The van der Waals surface area contributed by atoms with Crippen molar-refractivity contribution in [1.82, 2.24) is 4.31 Å². The van der Waals surface area contributed by atoms with Crippen molar-refractivity contribution < 1.29 is 77.3 Å². The molecule has 1 heterocycles. The van der Waals surface area contributed by atoms with Crippen LogP contribution in [0.25, 0.3) is 0 Å². The summed E-state index contributed by atoms with van der Waals surface area (Å²) in [6, 6.07) is 0. The van der Waals surface area contributed by atoms with Crippen LogP contribution in [0.2, 0.25) is 0 Å². The molecule has 0 unspecified atom stereocenters. The maximum Gasteiger partial charge on any atom is 1.00 e. The summed E-state index contributed by atoms with van der Waals surface area (Å²) in [7, 11) is -3.10. The molecular weight excluding hydrogens is 291 g/mol. The van der Waals surface area contributed by atoms with Crippen molar-refractivity contribution in [2.45, 2.75) is 12.8 Å². The molecule has 1 aliphatic rings. The third-order valence-corrected chi connectivity index (χ3v) is 5.41. The minimum absolute atomic E-state index is 0. The van der Waals surface area contributed by atoms with Crippen LogP contribution in [0.1, 0.15) is 12.8 Å². The first-order valence-corrected chi connectivity index (χ1v) is 8.73. The minimum atomic E-state index is -3.65. The zero-order valence-electron chi connectivity index (χ0n) is 9.59. The van der Waals surface area contributed by atoms with E-state index in [0.717, 1.165) is 0 Å². The number of sulfonamides is 1. The van der Waals surface area contributed by atoms with Crippen molar-refractivity contribution in [1.29, 1.82) is 0 Å². The van der Waals surface area contributed by atoms with E-state index in [9.17, 15) is 18.2 Å². The summed E-state index contributed by atoms with van der Waals surface area (Å²) in [4.78, 5) is 21.3. The Morgan fingerprint density at radius 2 is 1.88 bits per heavy atom. The molecule has 0 bridgehead atoms. The molecule has 0 aromatic rings. The fourth-order valence-electron chi connectivity index (χ4n) is 1.38. The van der Waals surface area contributed by atoms with Crippen LogP contribution in [0.3, 0.4) is 0 Å². The Bertz CT molecular complexity index is 344. The van der Waals surface area contributed by atoms with Gasteiger partial charge in [-0.3, -0.25) is 0 Å². The molecule has 84 valence electrons. The van der Waals surface area contributed by atoms with Gasteiger partial charge in [-0.2, -0.15) is 0 Å². The van der Waals surface area contributed by atoms with E-state index in [4.69, 9.17) is 0 Å².